The molecule has 5 aromatic heterocycles. The Kier molecular flexibility index (Phi) is 13.5. The third kappa shape index (κ3) is 9.20. The molecule has 4 aromatic carbocycles. The highest BCUT2D eigenvalue weighted by Crippen LogP contribution is 2.52. The maximum absolute atomic E-state index is 4.07. The maximum atomic E-state index is 4.07. The summed E-state index contributed by atoms with van der Waals surface area (Å²) in [6.45, 7) is 23.2. The molecular formula is C62H56N2S3+2. The molecule has 0 N–H and O–H groups in total. The molecule has 0 radical (unpaired) electrons. The molecule has 0 bridgehead atoms. The number of nitrogens with zero attached hydrogens (tertiary/aromatic N) is 2. The van der Waals surface area contributed by atoms with Gasteiger partial charge in [0.1, 0.15) is 0 Å². The fourth-order valence-electron chi connectivity index (χ4n) is 9.50. The van der Waals surface area contributed by atoms with Gasteiger partial charge in [-0.05, 0) is 144 Å². The van der Waals surface area contributed by atoms with Gasteiger partial charge in [0, 0.05) is 54.5 Å². The van der Waals surface area contributed by atoms with Gasteiger partial charge in [0.05, 0.1) is 9.40 Å². The lowest BCUT2D eigenvalue weighted by Gasteiger charge is -2.19. The fraction of sp³-hybridized carbons (Fsp3) is 0.129. The Morgan fingerprint density at radius 3 is 1.28 bits per heavy atom. The van der Waals surface area contributed by atoms with E-state index < -0.39 is 0 Å². The lowest BCUT2D eigenvalue weighted by atomic mass is 9.85. The first-order valence-corrected chi connectivity index (χ1v) is 25.4. The van der Waals surface area contributed by atoms with Crippen LogP contribution in [0.5, 0.6) is 0 Å². The molecule has 0 aliphatic heterocycles. The summed E-state index contributed by atoms with van der Waals surface area (Å²) in [5, 5.41) is 0. The quantitative estimate of drug-likeness (QED) is 0.0758. The number of pyridine rings is 2. The van der Waals surface area contributed by atoms with Gasteiger partial charge in [0.15, 0.2) is 37.9 Å². The molecule has 2 nitrogen and oxygen atoms in total. The first-order valence-electron chi connectivity index (χ1n) is 22.9. The second-order valence-corrected chi connectivity index (χ2v) is 20.3. The second-order valence-electron chi connectivity index (χ2n) is 17.1. The third-order valence-electron chi connectivity index (χ3n) is 12.7. The molecule has 0 aliphatic carbocycles. The van der Waals surface area contributed by atoms with Crippen molar-refractivity contribution in [2.24, 2.45) is 0 Å². The van der Waals surface area contributed by atoms with Crippen molar-refractivity contribution in [2.75, 3.05) is 0 Å². The lowest BCUT2D eigenvalue weighted by Crippen LogP contribution is -2.33. The van der Waals surface area contributed by atoms with E-state index in [1.807, 2.05) is 46.2 Å². The van der Waals surface area contributed by atoms with Crippen molar-refractivity contribution in [2.45, 2.75) is 54.6 Å². The summed E-state index contributed by atoms with van der Waals surface area (Å²) in [6.07, 6.45) is 25.5. The number of rotatable bonds is 14. The van der Waals surface area contributed by atoms with Crippen molar-refractivity contribution in [1.82, 2.24) is 0 Å². The van der Waals surface area contributed by atoms with Crippen molar-refractivity contribution < 1.29 is 9.13 Å². The molecule has 67 heavy (non-hydrogen) atoms. The zero-order valence-corrected chi connectivity index (χ0v) is 41.7. The van der Waals surface area contributed by atoms with Crippen LogP contribution < -0.4 is 9.13 Å². The molecular weight excluding hydrogens is 869 g/mol. The molecule has 9 aromatic rings. The van der Waals surface area contributed by atoms with Crippen LogP contribution in [0, 0.1) is 27.7 Å². The number of hydrogen-bond acceptors (Lipinski definition) is 3. The summed E-state index contributed by atoms with van der Waals surface area (Å²) in [6, 6.07) is 40.1. The van der Waals surface area contributed by atoms with E-state index in [0.29, 0.717) is 0 Å². The van der Waals surface area contributed by atoms with Gasteiger partial charge in [0.25, 0.3) is 0 Å². The first kappa shape index (κ1) is 45.4. The molecule has 0 unspecified atom stereocenters. The highest BCUT2D eigenvalue weighted by Gasteiger charge is 2.24. The highest BCUT2D eigenvalue weighted by atomic mass is 32.1. The molecule has 5 heterocycles. The number of aromatic nitrogens is 2. The van der Waals surface area contributed by atoms with Gasteiger partial charge in [-0.3, -0.25) is 0 Å². The van der Waals surface area contributed by atoms with E-state index in [0.717, 1.165) is 24.2 Å². The molecule has 0 atom stereocenters. The summed E-state index contributed by atoms with van der Waals surface area (Å²) in [4.78, 5) is 2.61. The predicted octanol–water partition coefficient (Wildman–Crippen LogP) is 17.0. The minimum atomic E-state index is 0.835. The summed E-state index contributed by atoms with van der Waals surface area (Å²) in [5.74, 6) is 0. The van der Waals surface area contributed by atoms with Crippen molar-refractivity contribution in [3.8, 4) is 43.1 Å². The van der Waals surface area contributed by atoms with Gasteiger partial charge in [-0.25, -0.2) is 9.13 Å². The second kappa shape index (κ2) is 20.0. The van der Waals surface area contributed by atoms with Crippen molar-refractivity contribution in [3.05, 3.63) is 240 Å². The number of hydrogen-bond donors (Lipinski definition) is 0. The molecule has 0 aliphatic rings. The zero-order valence-electron chi connectivity index (χ0n) is 39.3. The van der Waals surface area contributed by atoms with Gasteiger partial charge < -0.3 is 0 Å². The summed E-state index contributed by atoms with van der Waals surface area (Å²) in [7, 11) is 0. The lowest BCUT2D eigenvalue weighted by molar-refractivity contribution is -0.688. The van der Waals surface area contributed by atoms with Crippen molar-refractivity contribution in [1.29, 1.82) is 0 Å². The smallest absolute Gasteiger partial charge is 0.173 e. The summed E-state index contributed by atoms with van der Waals surface area (Å²) >= 11 is 5.79. The minimum absolute atomic E-state index is 0.835. The summed E-state index contributed by atoms with van der Waals surface area (Å²) in [5.41, 5.74) is 20.0. The van der Waals surface area contributed by atoms with Gasteiger partial charge in [-0.15, -0.1) is 34.0 Å². The predicted molar refractivity (Wildman–Crippen MR) is 293 cm³/mol. The molecule has 0 spiro atoms. The molecule has 330 valence electrons. The zero-order chi connectivity index (χ0) is 46.6. The van der Waals surface area contributed by atoms with Crippen LogP contribution in [0.3, 0.4) is 0 Å². The van der Waals surface area contributed by atoms with Crippen LogP contribution in [0.25, 0.3) is 73.1 Å². The monoisotopic (exact) mass is 924 g/mol. The molecule has 0 amide bonds. The Labute approximate surface area is 408 Å². The number of fused-ring (bicyclic) bond motifs is 3. The van der Waals surface area contributed by atoms with E-state index in [2.05, 4.69) is 234 Å². The molecule has 5 heteroatoms. The third-order valence-corrected chi connectivity index (χ3v) is 16.5. The van der Waals surface area contributed by atoms with E-state index >= 15 is 0 Å². The van der Waals surface area contributed by atoms with Crippen molar-refractivity contribution >= 4 is 64.0 Å². The number of allylic oxidation sites excluding steroid dienone is 10. The Balaban J connectivity index is 1.17. The standard InChI is InChI=1S/C62H56N2S3/c1-9-19-47(20-10-2)51-35-52(48(21-11-3)22-12-4)42(6)59(41(51)5)55-37-57-61(66-55)62-58(65-57)38-56(67-62)60-43(7)53(49-27-31-63(32-28-49)39-45-23-15-13-16-24-45)36-54(44(60)8)50-29-33-64(34-30-50)40-46-25-17-14-18-26-46/h9-38H,1,3,39-40H2,2,4-8H3/q+2/b20-10-,22-12-,47-19+,48-21+. The Bertz CT molecular complexity index is 3240. The molecule has 0 fully saturated rings. The Hall–Kier alpha value is -6.76. The summed E-state index contributed by atoms with van der Waals surface area (Å²) < 4.78 is 9.95. The Morgan fingerprint density at radius 1 is 0.493 bits per heavy atom. The SMILES string of the molecule is C=C/C=C(\C=C/C)c1cc(C(/C=C\C)=C/C=C)c(C)c(-c2cc3sc4cc(-c5c(C)c(-c6cc[n+](Cc7ccccc7)cc6)cc(-c6cc[n+](Cc7ccccc7)cc6)c5C)sc4c3s2)c1C. The van der Waals surface area contributed by atoms with Crippen molar-refractivity contribution in [3.63, 3.8) is 0 Å². The fourth-order valence-corrected chi connectivity index (χ4v) is 13.8. The van der Waals surface area contributed by atoms with Crippen LogP contribution in [-0.2, 0) is 13.1 Å². The van der Waals surface area contributed by atoms with E-state index in [1.165, 1.54) is 106 Å². The molecule has 0 saturated carbocycles. The van der Waals surface area contributed by atoms with Gasteiger partial charge >= 0.3 is 0 Å². The van der Waals surface area contributed by atoms with Crippen LogP contribution in [-0.4, -0.2) is 0 Å². The van der Waals surface area contributed by atoms with Crippen LogP contribution in [0.4, 0.5) is 0 Å². The van der Waals surface area contributed by atoms with E-state index in [9.17, 15) is 0 Å². The van der Waals surface area contributed by atoms with Gasteiger partial charge in [-0.2, -0.15) is 0 Å². The molecule has 0 saturated heterocycles. The first-order chi connectivity index (χ1) is 32.7. The van der Waals surface area contributed by atoms with Gasteiger partial charge in [0.2, 0.25) is 0 Å². The van der Waals surface area contributed by atoms with E-state index in [4.69, 9.17) is 0 Å². The van der Waals surface area contributed by atoms with E-state index in [1.54, 1.807) is 0 Å². The van der Waals surface area contributed by atoms with Crippen LogP contribution in [0.2, 0.25) is 0 Å². The van der Waals surface area contributed by atoms with Crippen LogP contribution >= 0.6 is 34.0 Å². The Morgan fingerprint density at radius 2 is 0.896 bits per heavy atom. The number of benzene rings is 4. The average molecular weight is 925 g/mol. The normalized spacial score (nSPS) is 12.3. The maximum Gasteiger partial charge on any atom is 0.173 e. The highest BCUT2D eigenvalue weighted by molar-refractivity contribution is 7.40. The number of thiophene rings is 3. The topological polar surface area (TPSA) is 7.76 Å². The van der Waals surface area contributed by atoms with Gasteiger partial charge in [-0.1, -0.05) is 122 Å². The molecule has 9 rings (SSSR count). The van der Waals surface area contributed by atoms with Crippen LogP contribution in [0.15, 0.2) is 196 Å². The minimum Gasteiger partial charge on any atom is -0.201 e. The van der Waals surface area contributed by atoms with E-state index in [-0.39, 0.29) is 0 Å². The largest absolute Gasteiger partial charge is 0.201 e. The van der Waals surface area contributed by atoms with Crippen LogP contribution in [0.1, 0.15) is 58.4 Å². The average Bonchev–Trinajstić information content (AvgIpc) is 4.02.